The molecule has 0 fully saturated rings. The molecule has 1 aromatic heterocycles. The van der Waals surface area contributed by atoms with E-state index in [9.17, 15) is 4.79 Å². The number of halogens is 1. The van der Waals surface area contributed by atoms with Gasteiger partial charge in [-0.3, -0.25) is 0 Å². The predicted octanol–water partition coefficient (Wildman–Crippen LogP) is 2.95. The molecule has 0 spiro atoms. The lowest BCUT2D eigenvalue weighted by molar-refractivity contribution is 0.0696. The molecular weight excluding hydrogens is 284 g/mol. The van der Waals surface area contributed by atoms with Crippen LogP contribution in [-0.4, -0.2) is 20.9 Å². The van der Waals surface area contributed by atoms with Crippen LogP contribution in [0.3, 0.4) is 0 Å². The fraction of sp³-hybridized carbons (Fsp3) is 0.167. The van der Waals surface area contributed by atoms with Crippen molar-refractivity contribution in [3.63, 3.8) is 0 Å². The molecule has 1 N–H and O–H groups in total. The number of nitrogens with zero attached hydrogens (tertiary/aromatic N) is 2. The van der Waals surface area contributed by atoms with E-state index in [0.717, 1.165) is 15.9 Å². The van der Waals surface area contributed by atoms with Crippen LogP contribution < -0.4 is 0 Å². The number of aromatic nitrogens is 2. The number of hydrogen-bond donors (Lipinski definition) is 1. The molecule has 2 aromatic rings. The average Bonchev–Trinajstić information content (AvgIpc) is 2.57. The highest BCUT2D eigenvalue weighted by Crippen LogP contribution is 2.22. The number of hydrogen-bond acceptors (Lipinski definition) is 2. The highest BCUT2D eigenvalue weighted by atomic mass is 79.9. The number of carbonyl (C=O) groups is 1. The maximum atomic E-state index is 11.2. The smallest absolute Gasteiger partial charge is 0.337 e. The molecule has 0 atom stereocenters. The topological polar surface area (TPSA) is 55.1 Å². The fourth-order valence-corrected chi connectivity index (χ4v) is 2.08. The van der Waals surface area contributed by atoms with Crippen LogP contribution in [0, 0.1) is 13.8 Å². The van der Waals surface area contributed by atoms with E-state index in [1.54, 1.807) is 22.9 Å². The van der Waals surface area contributed by atoms with Gasteiger partial charge in [0.25, 0.3) is 0 Å². The molecule has 0 aliphatic carbocycles. The van der Waals surface area contributed by atoms with Crippen molar-refractivity contribution >= 4 is 21.9 Å². The number of carboxylic acids is 1. The molecule has 0 unspecified atom stereocenters. The Hall–Kier alpha value is -1.62. The van der Waals surface area contributed by atoms with Crippen molar-refractivity contribution in [2.24, 2.45) is 0 Å². The largest absolute Gasteiger partial charge is 0.478 e. The molecule has 0 radical (unpaired) electrons. The molecule has 0 aliphatic heterocycles. The van der Waals surface area contributed by atoms with Crippen LogP contribution in [0.25, 0.3) is 5.69 Å². The third-order valence-corrected chi connectivity index (χ3v) is 2.92. The molecule has 17 heavy (non-hydrogen) atoms. The lowest BCUT2D eigenvalue weighted by Gasteiger charge is -2.08. The number of rotatable bonds is 2. The summed E-state index contributed by atoms with van der Waals surface area (Å²) in [5.74, 6) is -0.958. The van der Waals surface area contributed by atoms with E-state index in [2.05, 4.69) is 21.0 Å². The van der Waals surface area contributed by atoms with Crippen molar-refractivity contribution in [3.8, 4) is 5.69 Å². The Balaban J connectivity index is 2.69. The first kappa shape index (κ1) is 11.9. The Kier molecular flexibility index (Phi) is 3.02. The lowest BCUT2D eigenvalue weighted by Crippen LogP contribution is -2.07. The molecule has 0 bridgehead atoms. The Morgan fingerprint density at radius 1 is 1.35 bits per heavy atom. The quantitative estimate of drug-likeness (QED) is 0.926. The van der Waals surface area contributed by atoms with Gasteiger partial charge in [-0.15, -0.1) is 0 Å². The van der Waals surface area contributed by atoms with E-state index < -0.39 is 5.97 Å². The minimum Gasteiger partial charge on any atom is -0.478 e. The highest BCUT2D eigenvalue weighted by molar-refractivity contribution is 9.10. The van der Waals surface area contributed by atoms with Crippen LogP contribution in [-0.2, 0) is 0 Å². The minimum atomic E-state index is -0.958. The van der Waals surface area contributed by atoms with Gasteiger partial charge in [0.15, 0.2) is 0 Å². The summed E-state index contributed by atoms with van der Waals surface area (Å²) in [5, 5.41) is 13.5. The van der Waals surface area contributed by atoms with Crippen molar-refractivity contribution in [2.75, 3.05) is 0 Å². The first-order valence-corrected chi connectivity index (χ1v) is 5.85. The van der Waals surface area contributed by atoms with Crippen molar-refractivity contribution < 1.29 is 9.90 Å². The van der Waals surface area contributed by atoms with Gasteiger partial charge in [0.1, 0.15) is 0 Å². The SMILES string of the molecule is Cc1cc(C)n(-c2cc(Br)ccc2C(=O)O)n1. The molecule has 0 saturated heterocycles. The lowest BCUT2D eigenvalue weighted by atomic mass is 10.2. The van der Waals surface area contributed by atoms with Gasteiger partial charge in [-0.2, -0.15) is 5.10 Å². The molecule has 0 amide bonds. The van der Waals surface area contributed by atoms with E-state index >= 15 is 0 Å². The maximum Gasteiger partial charge on any atom is 0.337 e. The summed E-state index contributed by atoms with van der Waals surface area (Å²) in [6.07, 6.45) is 0. The number of carboxylic acid groups (broad SMARTS) is 1. The summed E-state index contributed by atoms with van der Waals surface area (Å²) in [6.45, 7) is 3.77. The molecule has 88 valence electrons. The van der Waals surface area contributed by atoms with E-state index in [4.69, 9.17) is 5.11 Å². The van der Waals surface area contributed by atoms with Crippen LogP contribution >= 0.6 is 15.9 Å². The van der Waals surface area contributed by atoms with Gasteiger partial charge >= 0.3 is 5.97 Å². The van der Waals surface area contributed by atoms with Gasteiger partial charge in [0.05, 0.1) is 16.9 Å². The summed E-state index contributed by atoms with van der Waals surface area (Å²) in [7, 11) is 0. The van der Waals surface area contributed by atoms with Gasteiger partial charge in [0, 0.05) is 10.2 Å². The van der Waals surface area contributed by atoms with Gasteiger partial charge in [-0.1, -0.05) is 15.9 Å². The standard InChI is InChI=1S/C12H11BrN2O2/c1-7-5-8(2)15(14-7)11-6-9(13)3-4-10(11)12(16)17/h3-6H,1-2H3,(H,16,17). The van der Waals surface area contributed by atoms with Crippen molar-refractivity contribution in [3.05, 3.63) is 45.7 Å². The monoisotopic (exact) mass is 294 g/mol. The summed E-state index contributed by atoms with van der Waals surface area (Å²) >= 11 is 3.34. The van der Waals surface area contributed by atoms with Crippen LogP contribution in [0.2, 0.25) is 0 Å². The number of benzene rings is 1. The fourth-order valence-electron chi connectivity index (χ4n) is 1.73. The molecule has 0 aliphatic rings. The second-order valence-corrected chi connectivity index (χ2v) is 4.72. The number of aryl methyl sites for hydroxylation is 2. The summed E-state index contributed by atoms with van der Waals surface area (Å²) in [6, 6.07) is 6.94. The van der Waals surface area contributed by atoms with Crippen LogP contribution in [0.1, 0.15) is 21.7 Å². The van der Waals surface area contributed by atoms with Crippen LogP contribution in [0.4, 0.5) is 0 Å². The minimum absolute atomic E-state index is 0.236. The van der Waals surface area contributed by atoms with Gasteiger partial charge in [-0.05, 0) is 38.1 Å². The van der Waals surface area contributed by atoms with E-state index in [1.165, 1.54) is 0 Å². The van der Waals surface area contributed by atoms with Crippen molar-refractivity contribution in [1.29, 1.82) is 0 Å². The zero-order valence-electron chi connectivity index (χ0n) is 9.44. The Morgan fingerprint density at radius 2 is 2.06 bits per heavy atom. The third-order valence-electron chi connectivity index (χ3n) is 2.43. The van der Waals surface area contributed by atoms with E-state index in [0.29, 0.717) is 5.69 Å². The second-order valence-electron chi connectivity index (χ2n) is 3.81. The van der Waals surface area contributed by atoms with E-state index in [1.807, 2.05) is 19.9 Å². The molecule has 4 nitrogen and oxygen atoms in total. The van der Waals surface area contributed by atoms with Gasteiger partial charge in [-0.25, -0.2) is 9.48 Å². The second kappa shape index (κ2) is 4.33. The molecule has 1 heterocycles. The summed E-state index contributed by atoms with van der Waals surface area (Å²) in [4.78, 5) is 11.2. The molecule has 1 aromatic carbocycles. The zero-order valence-corrected chi connectivity index (χ0v) is 11.0. The van der Waals surface area contributed by atoms with E-state index in [-0.39, 0.29) is 5.56 Å². The highest BCUT2D eigenvalue weighted by Gasteiger charge is 2.14. The van der Waals surface area contributed by atoms with Crippen LogP contribution in [0.15, 0.2) is 28.7 Å². The number of aromatic carboxylic acids is 1. The van der Waals surface area contributed by atoms with Crippen LogP contribution in [0.5, 0.6) is 0 Å². The van der Waals surface area contributed by atoms with Gasteiger partial charge < -0.3 is 5.11 Å². The average molecular weight is 295 g/mol. The summed E-state index contributed by atoms with van der Waals surface area (Å²) in [5.41, 5.74) is 2.57. The molecule has 5 heteroatoms. The maximum absolute atomic E-state index is 11.2. The molecule has 2 rings (SSSR count). The molecular formula is C12H11BrN2O2. The zero-order chi connectivity index (χ0) is 12.6. The van der Waals surface area contributed by atoms with Gasteiger partial charge in [0.2, 0.25) is 0 Å². The first-order chi connectivity index (χ1) is 7.99. The van der Waals surface area contributed by atoms with Crippen molar-refractivity contribution in [2.45, 2.75) is 13.8 Å². The van der Waals surface area contributed by atoms with Crippen molar-refractivity contribution in [1.82, 2.24) is 9.78 Å². The summed E-state index contributed by atoms with van der Waals surface area (Å²) < 4.78 is 2.47. The normalized spacial score (nSPS) is 10.5. The Labute approximate surface area is 107 Å². The predicted molar refractivity (Wildman–Crippen MR) is 67.7 cm³/mol. The Bertz CT molecular complexity index is 590. The molecule has 0 saturated carbocycles. The Morgan fingerprint density at radius 3 is 2.59 bits per heavy atom. The first-order valence-electron chi connectivity index (χ1n) is 5.05. The third kappa shape index (κ3) is 2.24.